The summed E-state index contributed by atoms with van der Waals surface area (Å²) in [4.78, 5) is 23.4. The number of rotatable bonds is 6. The summed E-state index contributed by atoms with van der Waals surface area (Å²) in [5, 5.41) is 5.68. The van der Waals surface area contributed by atoms with Crippen molar-refractivity contribution in [3.63, 3.8) is 0 Å². The number of nitrogens with two attached hydrogens (primary N) is 1. The molecule has 8 heteroatoms. The number of nitrogens with zero attached hydrogens (tertiary/aromatic N) is 5. The van der Waals surface area contributed by atoms with E-state index >= 15 is 0 Å². The second-order valence-electron chi connectivity index (χ2n) is 9.37. The number of fused-ring (bicyclic) bond motifs is 1. The molecule has 4 aromatic rings. The van der Waals surface area contributed by atoms with Crippen LogP contribution in [0.3, 0.4) is 0 Å². The molecule has 1 saturated heterocycles. The van der Waals surface area contributed by atoms with Crippen molar-refractivity contribution >= 4 is 22.8 Å². The van der Waals surface area contributed by atoms with Gasteiger partial charge in [-0.05, 0) is 61.2 Å². The van der Waals surface area contributed by atoms with Crippen LogP contribution in [-0.2, 0) is 4.79 Å². The Balaban J connectivity index is 1.45. The van der Waals surface area contributed by atoms with Crippen LogP contribution in [0.15, 0.2) is 73.1 Å². The van der Waals surface area contributed by atoms with Gasteiger partial charge in [0.25, 0.3) is 0 Å². The third-order valence-corrected chi connectivity index (χ3v) is 6.30. The van der Waals surface area contributed by atoms with Crippen molar-refractivity contribution in [2.24, 2.45) is 5.92 Å². The van der Waals surface area contributed by atoms with Gasteiger partial charge in [-0.1, -0.05) is 38.1 Å². The summed E-state index contributed by atoms with van der Waals surface area (Å²) in [7, 11) is 0. The van der Waals surface area contributed by atoms with Crippen molar-refractivity contribution in [3.05, 3.63) is 73.1 Å². The van der Waals surface area contributed by atoms with Crippen LogP contribution in [0.25, 0.3) is 22.3 Å². The molecule has 2 aromatic heterocycles. The van der Waals surface area contributed by atoms with E-state index < -0.39 is 0 Å². The maximum atomic E-state index is 12.7. The molecule has 1 amide bonds. The lowest BCUT2D eigenvalue weighted by Gasteiger charge is -2.32. The number of benzene rings is 2. The van der Waals surface area contributed by atoms with Crippen molar-refractivity contribution < 1.29 is 9.53 Å². The quantitative estimate of drug-likeness (QED) is 0.377. The molecule has 36 heavy (non-hydrogen) atoms. The van der Waals surface area contributed by atoms with Crippen molar-refractivity contribution in [3.8, 4) is 22.8 Å². The molecule has 0 bridgehead atoms. The Morgan fingerprint density at radius 1 is 1.08 bits per heavy atom. The Hall–Kier alpha value is -4.20. The van der Waals surface area contributed by atoms with Gasteiger partial charge in [0, 0.05) is 18.7 Å². The highest BCUT2D eigenvalue weighted by Crippen LogP contribution is 2.34. The predicted octanol–water partition coefficient (Wildman–Crippen LogP) is 5.24. The third-order valence-electron chi connectivity index (χ3n) is 6.30. The first-order valence-electron chi connectivity index (χ1n) is 12.3. The number of ether oxygens (including phenoxy) is 1. The molecule has 5 rings (SSSR count). The van der Waals surface area contributed by atoms with E-state index in [9.17, 15) is 4.79 Å². The Bertz CT molecular complexity index is 1380. The molecule has 1 fully saturated rings. The van der Waals surface area contributed by atoms with Gasteiger partial charge in [0.05, 0.1) is 11.4 Å². The monoisotopic (exact) mass is 482 g/mol. The number of carbonyl (C=O) groups excluding carboxylic acids is 1. The van der Waals surface area contributed by atoms with E-state index in [0.717, 1.165) is 47.5 Å². The summed E-state index contributed by atoms with van der Waals surface area (Å²) in [6.07, 6.45) is 6.88. The number of likely N-dealkylation sites (tertiary alicyclic amines) is 1. The molecule has 2 aromatic carbocycles. The molecular formula is C28H30N6O2. The highest BCUT2D eigenvalue weighted by Gasteiger charge is 2.28. The molecule has 1 atom stereocenters. The Labute approximate surface area is 210 Å². The summed E-state index contributed by atoms with van der Waals surface area (Å²) >= 11 is 0. The van der Waals surface area contributed by atoms with E-state index in [-0.39, 0.29) is 11.9 Å². The van der Waals surface area contributed by atoms with Crippen LogP contribution in [0.4, 0.5) is 5.82 Å². The van der Waals surface area contributed by atoms with Gasteiger partial charge in [0.15, 0.2) is 5.65 Å². The first kappa shape index (κ1) is 23.5. The molecule has 1 aliphatic rings. The van der Waals surface area contributed by atoms with Gasteiger partial charge in [-0.2, -0.15) is 5.10 Å². The minimum Gasteiger partial charge on any atom is -0.457 e. The van der Waals surface area contributed by atoms with Gasteiger partial charge >= 0.3 is 0 Å². The number of para-hydroxylation sites is 1. The maximum Gasteiger partial charge on any atom is 0.246 e. The SMILES string of the molecule is CC(C)/C=C/C(=O)N1CCC[C@@H](n2nc(-c3ccc(Oc4ccccc4)cc3)c3c(N)ncnc32)C1. The fraction of sp³-hybridized carbons (Fsp3) is 0.286. The number of piperidine rings is 1. The molecular weight excluding hydrogens is 452 g/mol. The lowest BCUT2D eigenvalue weighted by Crippen LogP contribution is -2.40. The second-order valence-corrected chi connectivity index (χ2v) is 9.37. The molecule has 184 valence electrons. The van der Waals surface area contributed by atoms with Gasteiger partial charge < -0.3 is 15.4 Å². The third kappa shape index (κ3) is 4.93. The number of hydrogen-bond donors (Lipinski definition) is 1. The summed E-state index contributed by atoms with van der Waals surface area (Å²) in [5.41, 5.74) is 8.60. The number of hydrogen-bond acceptors (Lipinski definition) is 6. The average molecular weight is 483 g/mol. The summed E-state index contributed by atoms with van der Waals surface area (Å²) < 4.78 is 7.85. The number of aromatic nitrogens is 4. The van der Waals surface area contributed by atoms with Crippen LogP contribution in [0, 0.1) is 5.92 Å². The highest BCUT2D eigenvalue weighted by molar-refractivity contribution is 5.98. The molecule has 8 nitrogen and oxygen atoms in total. The summed E-state index contributed by atoms with van der Waals surface area (Å²) in [6.45, 7) is 5.43. The van der Waals surface area contributed by atoms with Crippen molar-refractivity contribution in [2.75, 3.05) is 18.8 Å². The van der Waals surface area contributed by atoms with Crippen LogP contribution < -0.4 is 10.5 Å². The molecule has 0 aliphatic carbocycles. The van der Waals surface area contributed by atoms with Gasteiger partial charge in [-0.3, -0.25) is 4.79 Å². The van der Waals surface area contributed by atoms with E-state index in [0.29, 0.717) is 23.9 Å². The highest BCUT2D eigenvalue weighted by atomic mass is 16.5. The van der Waals surface area contributed by atoms with E-state index in [1.807, 2.05) is 70.3 Å². The van der Waals surface area contributed by atoms with E-state index in [2.05, 4.69) is 23.8 Å². The number of anilines is 1. The first-order valence-corrected chi connectivity index (χ1v) is 12.3. The van der Waals surface area contributed by atoms with Crippen molar-refractivity contribution in [1.82, 2.24) is 24.6 Å². The van der Waals surface area contributed by atoms with Crippen molar-refractivity contribution in [2.45, 2.75) is 32.7 Å². The normalized spacial score (nSPS) is 16.2. The smallest absolute Gasteiger partial charge is 0.246 e. The summed E-state index contributed by atoms with van der Waals surface area (Å²) in [6, 6.07) is 17.4. The minimum atomic E-state index is 0.00128. The number of nitrogen functional groups attached to an aromatic ring is 1. The Kier molecular flexibility index (Phi) is 6.66. The lowest BCUT2D eigenvalue weighted by molar-refractivity contribution is -0.127. The molecule has 0 radical (unpaired) electrons. The molecule has 3 heterocycles. The first-order chi connectivity index (χ1) is 17.5. The van der Waals surface area contributed by atoms with Crippen LogP contribution in [-0.4, -0.2) is 43.6 Å². The molecule has 0 spiro atoms. The fourth-order valence-corrected chi connectivity index (χ4v) is 4.49. The standard InChI is InChI=1S/C28H30N6O2/c1-19(2)10-15-24(35)33-16-6-7-21(17-33)34-28-25(27(29)30-18-31-28)26(32-34)20-11-13-23(14-12-20)36-22-8-4-3-5-9-22/h3-5,8-15,18-19,21H,6-7,16-17H2,1-2H3,(H2,29,30,31)/b15-10+/t21-/m1/s1. The van der Waals surface area contributed by atoms with E-state index in [4.69, 9.17) is 15.6 Å². The average Bonchev–Trinajstić information content (AvgIpc) is 3.29. The lowest BCUT2D eigenvalue weighted by atomic mass is 10.1. The van der Waals surface area contributed by atoms with Crippen LogP contribution in [0.1, 0.15) is 32.7 Å². The molecule has 2 N–H and O–H groups in total. The second kappa shape index (κ2) is 10.2. The number of carbonyl (C=O) groups is 1. The van der Waals surface area contributed by atoms with Gasteiger partial charge in [0.2, 0.25) is 5.91 Å². The minimum absolute atomic E-state index is 0.00128. The molecule has 1 aliphatic heterocycles. The molecule has 0 unspecified atom stereocenters. The fourth-order valence-electron chi connectivity index (χ4n) is 4.49. The number of allylic oxidation sites excluding steroid dienone is 1. The largest absolute Gasteiger partial charge is 0.457 e. The molecule has 0 saturated carbocycles. The zero-order chi connectivity index (χ0) is 25.1. The van der Waals surface area contributed by atoms with Crippen molar-refractivity contribution in [1.29, 1.82) is 0 Å². The topological polar surface area (TPSA) is 99.2 Å². The number of amides is 1. The maximum absolute atomic E-state index is 12.7. The van der Waals surface area contributed by atoms with Crippen LogP contribution in [0.5, 0.6) is 11.5 Å². The van der Waals surface area contributed by atoms with E-state index in [1.54, 1.807) is 6.08 Å². The summed E-state index contributed by atoms with van der Waals surface area (Å²) in [5.74, 6) is 2.25. The Morgan fingerprint density at radius 2 is 1.83 bits per heavy atom. The predicted molar refractivity (Wildman–Crippen MR) is 141 cm³/mol. The van der Waals surface area contributed by atoms with Crippen LogP contribution >= 0.6 is 0 Å². The van der Waals surface area contributed by atoms with Crippen LogP contribution in [0.2, 0.25) is 0 Å². The van der Waals surface area contributed by atoms with E-state index in [1.165, 1.54) is 6.33 Å². The van der Waals surface area contributed by atoms with Gasteiger partial charge in [0.1, 0.15) is 29.3 Å². The Morgan fingerprint density at radius 3 is 2.58 bits per heavy atom. The van der Waals surface area contributed by atoms with Gasteiger partial charge in [-0.25, -0.2) is 14.6 Å². The zero-order valence-corrected chi connectivity index (χ0v) is 20.5. The zero-order valence-electron chi connectivity index (χ0n) is 20.5. The van der Waals surface area contributed by atoms with Gasteiger partial charge in [-0.15, -0.1) is 0 Å².